The molecule has 4 rings (SSSR count). The molecule has 2 heterocycles. The average Bonchev–Trinajstić information content (AvgIpc) is 2.67. The van der Waals surface area contributed by atoms with Crippen molar-refractivity contribution < 1.29 is 14.3 Å². The maximum Gasteiger partial charge on any atom is 0.254 e. The van der Waals surface area contributed by atoms with E-state index < -0.39 is 0 Å². The molecule has 0 spiro atoms. The van der Waals surface area contributed by atoms with Crippen molar-refractivity contribution in [2.24, 2.45) is 0 Å². The zero-order valence-corrected chi connectivity index (χ0v) is 14.4. The number of nitrogens with zero attached hydrogens (tertiary/aromatic N) is 1. The van der Waals surface area contributed by atoms with Crippen molar-refractivity contribution in [2.75, 3.05) is 30.8 Å². The lowest BCUT2D eigenvalue weighted by Gasteiger charge is -2.33. The van der Waals surface area contributed by atoms with Crippen molar-refractivity contribution in [3.05, 3.63) is 59.7 Å². The number of nitrogens with one attached hydrogen (secondary N) is 1. The van der Waals surface area contributed by atoms with Crippen LogP contribution in [0.15, 0.2) is 53.4 Å². The fourth-order valence-corrected chi connectivity index (χ4v) is 3.89. The van der Waals surface area contributed by atoms with Crippen LogP contribution in [0.3, 0.4) is 0 Å². The molecule has 1 saturated heterocycles. The first-order valence-electron chi connectivity index (χ1n) is 8.23. The van der Waals surface area contributed by atoms with E-state index in [9.17, 15) is 9.59 Å². The highest BCUT2D eigenvalue weighted by molar-refractivity contribution is 8.00. The lowest BCUT2D eigenvalue weighted by molar-refractivity contribution is -0.113. The number of carbonyl (C=O) groups is 2. The van der Waals surface area contributed by atoms with Crippen molar-refractivity contribution >= 4 is 29.3 Å². The Kier molecular flexibility index (Phi) is 4.46. The van der Waals surface area contributed by atoms with Gasteiger partial charge in [0.15, 0.2) is 0 Å². The first-order valence-corrected chi connectivity index (χ1v) is 9.22. The molecule has 6 heteroatoms. The van der Waals surface area contributed by atoms with Crippen LogP contribution in [0.25, 0.3) is 0 Å². The molecular formula is C19H18N2O3S. The number of hydrogen-bond acceptors (Lipinski definition) is 4. The zero-order chi connectivity index (χ0) is 17.2. The first-order chi connectivity index (χ1) is 12.2. The van der Waals surface area contributed by atoms with E-state index in [2.05, 4.69) is 5.32 Å². The van der Waals surface area contributed by atoms with Gasteiger partial charge < -0.3 is 15.0 Å². The SMILES string of the molecule is O=C1CSc2ccc(C(=O)N3CCOC(c4ccccc4)C3)cc2N1. The maximum atomic E-state index is 12.9. The normalized spacial score (nSPS) is 19.9. The van der Waals surface area contributed by atoms with Gasteiger partial charge in [-0.3, -0.25) is 9.59 Å². The minimum Gasteiger partial charge on any atom is -0.370 e. The number of ether oxygens (including phenoxy) is 1. The molecule has 0 bridgehead atoms. The number of rotatable bonds is 2. The molecule has 2 aliphatic heterocycles. The Morgan fingerprint density at radius 3 is 2.88 bits per heavy atom. The minimum atomic E-state index is -0.105. The predicted octanol–water partition coefficient (Wildman–Crippen LogP) is 2.94. The van der Waals surface area contributed by atoms with Crippen LogP contribution >= 0.6 is 11.8 Å². The van der Waals surface area contributed by atoms with E-state index in [0.717, 1.165) is 16.1 Å². The van der Waals surface area contributed by atoms with Gasteiger partial charge in [-0.25, -0.2) is 0 Å². The van der Waals surface area contributed by atoms with Crippen molar-refractivity contribution in [3.63, 3.8) is 0 Å². The second-order valence-corrected chi connectivity index (χ2v) is 7.09. The van der Waals surface area contributed by atoms with Gasteiger partial charge in [-0.2, -0.15) is 0 Å². The minimum absolute atomic E-state index is 0.0300. The lowest BCUT2D eigenvalue weighted by atomic mass is 10.1. The zero-order valence-electron chi connectivity index (χ0n) is 13.6. The quantitative estimate of drug-likeness (QED) is 0.901. The van der Waals surface area contributed by atoms with Gasteiger partial charge in [0.2, 0.25) is 5.91 Å². The number of thioether (sulfide) groups is 1. The van der Waals surface area contributed by atoms with Gasteiger partial charge in [0, 0.05) is 17.0 Å². The molecule has 2 aromatic rings. The van der Waals surface area contributed by atoms with Crippen LogP contribution < -0.4 is 5.32 Å². The molecular weight excluding hydrogens is 336 g/mol. The van der Waals surface area contributed by atoms with Crippen LogP contribution in [-0.4, -0.2) is 42.2 Å². The summed E-state index contributed by atoms with van der Waals surface area (Å²) in [6.45, 7) is 1.62. The molecule has 2 aromatic carbocycles. The molecule has 0 radical (unpaired) electrons. The number of amides is 2. The standard InChI is InChI=1S/C19H18N2O3S/c22-18-12-25-17-7-6-14(10-15(17)20-18)19(23)21-8-9-24-16(11-21)13-4-2-1-3-5-13/h1-7,10,16H,8-9,11-12H2,(H,20,22). The van der Waals surface area contributed by atoms with Gasteiger partial charge in [0.05, 0.1) is 24.6 Å². The van der Waals surface area contributed by atoms with Gasteiger partial charge in [-0.1, -0.05) is 30.3 Å². The number of anilines is 1. The summed E-state index contributed by atoms with van der Waals surface area (Å²) in [5.74, 6) is 0.358. The van der Waals surface area contributed by atoms with Gasteiger partial charge in [-0.15, -0.1) is 11.8 Å². The number of fused-ring (bicyclic) bond motifs is 1. The number of carbonyl (C=O) groups excluding carboxylic acids is 2. The third-order valence-electron chi connectivity index (χ3n) is 4.38. The van der Waals surface area contributed by atoms with Crippen LogP contribution in [0, 0.1) is 0 Å². The van der Waals surface area contributed by atoms with Crippen LogP contribution in [0.2, 0.25) is 0 Å². The second kappa shape index (κ2) is 6.90. The summed E-state index contributed by atoms with van der Waals surface area (Å²) in [6, 6.07) is 15.5. The van der Waals surface area contributed by atoms with E-state index in [0.29, 0.717) is 31.0 Å². The fourth-order valence-electron chi connectivity index (χ4n) is 3.10. The number of benzene rings is 2. The highest BCUT2D eigenvalue weighted by Gasteiger charge is 2.27. The Hall–Kier alpha value is -2.31. The molecule has 128 valence electrons. The predicted molar refractivity (Wildman–Crippen MR) is 96.8 cm³/mol. The third kappa shape index (κ3) is 3.41. The van der Waals surface area contributed by atoms with Gasteiger partial charge in [0.25, 0.3) is 5.91 Å². The smallest absolute Gasteiger partial charge is 0.254 e. The number of morpholine rings is 1. The summed E-state index contributed by atoms with van der Waals surface area (Å²) >= 11 is 1.49. The summed E-state index contributed by atoms with van der Waals surface area (Å²) in [4.78, 5) is 27.3. The van der Waals surface area contributed by atoms with Crippen molar-refractivity contribution in [2.45, 2.75) is 11.0 Å². The Bertz CT molecular complexity index is 810. The molecule has 5 nitrogen and oxygen atoms in total. The first kappa shape index (κ1) is 16.2. The molecule has 0 aliphatic carbocycles. The van der Waals surface area contributed by atoms with Crippen LogP contribution in [0.5, 0.6) is 0 Å². The molecule has 0 saturated carbocycles. The van der Waals surface area contributed by atoms with Crippen molar-refractivity contribution in [1.29, 1.82) is 0 Å². The Labute approximate surface area is 150 Å². The fraction of sp³-hybridized carbons (Fsp3) is 0.263. The van der Waals surface area contributed by atoms with Crippen LogP contribution in [-0.2, 0) is 9.53 Å². The monoisotopic (exact) mass is 354 g/mol. The van der Waals surface area contributed by atoms with Gasteiger partial charge in [0.1, 0.15) is 6.10 Å². The summed E-state index contributed by atoms with van der Waals surface area (Å²) in [5.41, 5.74) is 2.39. The highest BCUT2D eigenvalue weighted by Crippen LogP contribution is 2.32. The largest absolute Gasteiger partial charge is 0.370 e. The molecule has 25 heavy (non-hydrogen) atoms. The lowest BCUT2D eigenvalue weighted by Crippen LogP contribution is -2.42. The Morgan fingerprint density at radius 2 is 2.04 bits per heavy atom. The average molecular weight is 354 g/mol. The number of hydrogen-bond donors (Lipinski definition) is 1. The van der Waals surface area contributed by atoms with Crippen LogP contribution in [0.4, 0.5) is 5.69 Å². The van der Waals surface area contributed by atoms with Gasteiger partial charge in [-0.05, 0) is 23.8 Å². The Balaban J connectivity index is 1.52. The van der Waals surface area contributed by atoms with E-state index in [4.69, 9.17) is 4.74 Å². The van der Waals surface area contributed by atoms with E-state index in [1.54, 1.807) is 6.07 Å². The summed E-state index contributed by atoms with van der Waals surface area (Å²) in [5, 5.41) is 2.84. The highest BCUT2D eigenvalue weighted by atomic mass is 32.2. The van der Waals surface area contributed by atoms with Crippen LogP contribution in [0.1, 0.15) is 22.0 Å². The molecule has 2 amide bonds. The third-order valence-corrected chi connectivity index (χ3v) is 5.46. The van der Waals surface area contributed by atoms with E-state index >= 15 is 0 Å². The molecule has 1 unspecified atom stereocenters. The molecule has 1 atom stereocenters. The van der Waals surface area contributed by atoms with E-state index in [1.807, 2.05) is 47.4 Å². The van der Waals surface area contributed by atoms with Crippen molar-refractivity contribution in [1.82, 2.24) is 4.90 Å². The summed E-state index contributed by atoms with van der Waals surface area (Å²) < 4.78 is 5.83. The van der Waals surface area contributed by atoms with E-state index in [1.165, 1.54) is 11.8 Å². The molecule has 1 N–H and O–H groups in total. The Morgan fingerprint density at radius 1 is 1.20 bits per heavy atom. The topological polar surface area (TPSA) is 58.6 Å². The summed E-state index contributed by atoms with van der Waals surface area (Å²) in [7, 11) is 0. The molecule has 1 fully saturated rings. The van der Waals surface area contributed by atoms with Crippen molar-refractivity contribution in [3.8, 4) is 0 Å². The second-order valence-electron chi connectivity index (χ2n) is 6.07. The maximum absolute atomic E-state index is 12.9. The molecule has 2 aliphatic rings. The molecule has 0 aromatic heterocycles. The van der Waals surface area contributed by atoms with E-state index in [-0.39, 0.29) is 17.9 Å². The summed E-state index contributed by atoms with van der Waals surface area (Å²) in [6.07, 6.45) is -0.105. The van der Waals surface area contributed by atoms with Gasteiger partial charge >= 0.3 is 0 Å².